The quantitative estimate of drug-likeness (QED) is 0.186. The minimum Gasteiger partial charge on any atom is -0.507 e. The molecule has 3 N–H and O–H groups in total. The second kappa shape index (κ2) is 12.1. The number of benzene rings is 4. The Balaban J connectivity index is 1.56. The van der Waals surface area contributed by atoms with Crippen LogP contribution in [-0.2, 0) is 4.79 Å². The molecule has 0 radical (unpaired) electrons. The van der Waals surface area contributed by atoms with Crippen LogP contribution in [0.15, 0.2) is 84.4 Å². The van der Waals surface area contributed by atoms with Crippen molar-refractivity contribution in [1.29, 1.82) is 0 Å². The van der Waals surface area contributed by atoms with Crippen LogP contribution >= 0.6 is 11.6 Å². The van der Waals surface area contributed by atoms with E-state index in [4.69, 9.17) is 21.1 Å². The molecule has 1 heterocycles. The molecule has 0 aromatic heterocycles. The Bertz CT molecular complexity index is 1600. The number of aliphatic hydroxyl groups excluding tert-OH is 2. The van der Waals surface area contributed by atoms with E-state index in [-0.39, 0.29) is 23.5 Å². The predicted molar refractivity (Wildman–Crippen MR) is 164 cm³/mol. The van der Waals surface area contributed by atoms with E-state index in [2.05, 4.69) is 5.32 Å². The number of nitrogens with one attached hydrogen (secondary N) is 1. The fourth-order valence-electron chi connectivity index (χ4n) is 5.39. The highest BCUT2D eigenvalue weighted by molar-refractivity contribution is 6.30. The lowest BCUT2D eigenvalue weighted by Crippen LogP contribution is -2.43. The van der Waals surface area contributed by atoms with Crippen LogP contribution in [0, 0.1) is 0 Å². The zero-order valence-electron chi connectivity index (χ0n) is 23.2. The van der Waals surface area contributed by atoms with Gasteiger partial charge in [-0.15, -0.1) is 0 Å². The second-order valence-electron chi connectivity index (χ2n) is 9.96. The average molecular weight is 573 g/mol. The Morgan fingerprint density at radius 1 is 1.00 bits per heavy atom. The molecule has 0 bridgehead atoms. The Hall–Kier alpha value is -4.20. The van der Waals surface area contributed by atoms with Gasteiger partial charge in [0.05, 0.1) is 31.5 Å². The van der Waals surface area contributed by atoms with E-state index in [0.29, 0.717) is 40.7 Å². The Morgan fingerprint density at radius 3 is 2.39 bits per heavy atom. The van der Waals surface area contributed by atoms with Crippen LogP contribution in [0.4, 0.5) is 11.4 Å². The summed E-state index contributed by atoms with van der Waals surface area (Å²) in [7, 11) is 3.03. The zero-order valence-corrected chi connectivity index (χ0v) is 24.0. The summed E-state index contributed by atoms with van der Waals surface area (Å²) in [5.41, 5.74) is 2.62. The maximum absolute atomic E-state index is 14.0. The van der Waals surface area contributed by atoms with Gasteiger partial charge in [-0.3, -0.25) is 4.79 Å². The molecule has 1 aliphatic heterocycles. The zero-order chi connectivity index (χ0) is 29.1. The summed E-state index contributed by atoms with van der Waals surface area (Å²) >= 11 is 6.17. The van der Waals surface area contributed by atoms with Gasteiger partial charge in [0.15, 0.2) is 23.5 Å². The highest BCUT2D eigenvalue weighted by atomic mass is 35.5. The van der Waals surface area contributed by atoms with Gasteiger partial charge in [-0.25, -0.2) is 0 Å². The van der Waals surface area contributed by atoms with E-state index in [0.717, 1.165) is 22.0 Å². The van der Waals surface area contributed by atoms with Gasteiger partial charge in [0, 0.05) is 40.7 Å². The highest BCUT2D eigenvalue weighted by Crippen LogP contribution is 2.44. The molecule has 0 amide bonds. The largest absolute Gasteiger partial charge is 0.507 e. The standard InChI is InChI=1S/C33H33ClN2O5/c1-4-16-36-27-19-30(41-3)29(40-2)17-24(27)32(38)31(33(36)39)28(37)18-26(21-12-14-22(34)15-13-21)35-25-11-7-9-20-8-5-6-10-23(20)25/h5-15,17,19,26,33,35,38-39H,4,16,18H2,1-3H3. The molecule has 4 aromatic carbocycles. The van der Waals surface area contributed by atoms with Gasteiger partial charge in [-0.05, 0) is 41.6 Å². The van der Waals surface area contributed by atoms with Crippen LogP contribution in [0.25, 0.3) is 16.5 Å². The van der Waals surface area contributed by atoms with Crippen molar-refractivity contribution in [2.24, 2.45) is 0 Å². The van der Waals surface area contributed by atoms with Crippen molar-refractivity contribution >= 4 is 45.3 Å². The van der Waals surface area contributed by atoms with E-state index >= 15 is 0 Å². The molecular weight excluding hydrogens is 540 g/mol. The Morgan fingerprint density at radius 2 is 1.68 bits per heavy atom. The number of aliphatic hydroxyl groups is 2. The summed E-state index contributed by atoms with van der Waals surface area (Å²) in [5, 5.41) is 29.1. The van der Waals surface area contributed by atoms with Crippen molar-refractivity contribution in [3.63, 3.8) is 0 Å². The van der Waals surface area contributed by atoms with Crippen molar-refractivity contribution in [1.82, 2.24) is 0 Å². The average Bonchev–Trinajstić information content (AvgIpc) is 2.99. The lowest BCUT2D eigenvalue weighted by Gasteiger charge is -2.37. The number of ether oxygens (including phenoxy) is 2. The maximum Gasteiger partial charge on any atom is 0.169 e. The van der Waals surface area contributed by atoms with E-state index in [1.54, 1.807) is 29.2 Å². The molecule has 41 heavy (non-hydrogen) atoms. The second-order valence-corrected chi connectivity index (χ2v) is 10.4. The Kier molecular flexibility index (Phi) is 8.38. The molecule has 2 unspecified atom stereocenters. The molecule has 4 aromatic rings. The fourth-order valence-corrected chi connectivity index (χ4v) is 5.52. The number of anilines is 2. The molecule has 0 saturated carbocycles. The molecule has 1 aliphatic rings. The Labute approximate surface area is 244 Å². The van der Waals surface area contributed by atoms with Gasteiger partial charge < -0.3 is 29.9 Å². The first-order valence-corrected chi connectivity index (χ1v) is 13.9. The van der Waals surface area contributed by atoms with Gasteiger partial charge in [0.2, 0.25) is 0 Å². The monoisotopic (exact) mass is 572 g/mol. The molecule has 0 aliphatic carbocycles. The van der Waals surface area contributed by atoms with Gasteiger partial charge in [0.1, 0.15) is 5.76 Å². The number of hydrogen-bond donors (Lipinski definition) is 3. The van der Waals surface area contributed by atoms with Crippen LogP contribution in [0.3, 0.4) is 0 Å². The number of halogens is 1. The minimum atomic E-state index is -1.34. The summed E-state index contributed by atoms with van der Waals surface area (Å²) in [6, 6.07) is 24.2. The van der Waals surface area contributed by atoms with E-state index in [9.17, 15) is 15.0 Å². The first-order chi connectivity index (χ1) is 19.9. The van der Waals surface area contributed by atoms with Gasteiger partial charge in [-0.1, -0.05) is 67.1 Å². The lowest BCUT2D eigenvalue weighted by atomic mass is 9.91. The maximum atomic E-state index is 14.0. The first kappa shape index (κ1) is 28.3. The number of Topliss-reactive ketones (excluding diaryl/α,β-unsaturated/α-hetero) is 1. The van der Waals surface area contributed by atoms with E-state index < -0.39 is 12.3 Å². The third kappa shape index (κ3) is 5.56. The van der Waals surface area contributed by atoms with Crippen LogP contribution in [0.2, 0.25) is 5.02 Å². The number of carbonyl (C=O) groups excluding carboxylic acids is 1. The van der Waals surface area contributed by atoms with Crippen molar-refractivity contribution in [2.75, 3.05) is 31.0 Å². The SMILES string of the molecule is CCCN1c2cc(OC)c(OC)cc2C(O)=C(C(=O)CC(Nc2cccc3ccccc23)c2ccc(Cl)cc2)C1O. The summed E-state index contributed by atoms with van der Waals surface area (Å²) in [6.45, 7) is 2.44. The summed E-state index contributed by atoms with van der Waals surface area (Å²) in [6.07, 6.45) is -0.649. The fraction of sp³-hybridized carbons (Fsp3) is 0.242. The van der Waals surface area contributed by atoms with Crippen molar-refractivity contribution in [3.8, 4) is 11.5 Å². The molecule has 0 spiro atoms. The lowest BCUT2D eigenvalue weighted by molar-refractivity contribution is -0.116. The minimum absolute atomic E-state index is 0.0239. The number of nitrogens with zero attached hydrogens (tertiary/aromatic N) is 1. The third-order valence-electron chi connectivity index (χ3n) is 7.42. The van der Waals surface area contributed by atoms with Crippen LogP contribution in [0.1, 0.15) is 36.9 Å². The molecule has 8 heteroatoms. The number of rotatable bonds is 10. The van der Waals surface area contributed by atoms with E-state index in [1.807, 2.05) is 61.5 Å². The molecule has 5 rings (SSSR count). The summed E-state index contributed by atoms with van der Waals surface area (Å²) in [4.78, 5) is 15.7. The number of methoxy groups -OCH3 is 2. The number of ketones is 1. The number of hydrogen-bond acceptors (Lipinski definition) is 7. The number of carbonyl (C=O) groups is 1. The molecular formula is C33H33ClN2O5. The van der Waals surface area contributed by atoms with Crippen molar-refractivity contribution in [2.45, 2.75) is 32.0 Å². The topological polar surface area (TPSA) is 91.3 Å². The van der Waals surface area contributed by atoms with Crippen molar-refractivity contribution < 1.29 is 24.5 Å². The highest BCUT2D eigenvalue weighted by Gasteiger charge is 2.37. The molecule has 7 nitrogen and oxygen atoms in total. The van der Waals surface area contributed by atoms with Crippen LogP contribution < -0.4 is 19.7 Å². The molecule has 0 fully saturated rings. The third-order valence-corrected chi connectivity index (χ3v) is 7.67. The summed E-state index contributed by atoms with van der Waals surface area (Å²) < 4.78 is 10.9. The van der Waals surface area contributed by atoms with Crippen LogP contribution in [-0.4, -0.2) is 43.0 Å². The predicted octanol–water partition coefficient (Wildman–Crippen LogP) is 7.14. The van der Waals surface area contributed by atoms with Gasteiger partial charge in [0.25, 0.3) is 0 Å². The van der Waals surface area contributed by atoms with Crippen molar-refractivity contribution in [3.05, 3.63) is 101 Å². The van der Waals surface area contributed by atoms with Gasteiger partial charge in [-0.2, -0.15) is 0 Å². The molecule has 2 atom stereocenters. The van der Waals surface area contributed by atoms with E-state index in [1.165, 1.54) is 14.2 Å². The summed E-state index contributed by atoms with van der Waals surface area (Å²) in [5.74, 6) is 0.216. The van der Waals surface area contributed by atoms with Crippen LogP contribution in [0.5, 0.6) is 11.5 Å². The number of fused-ring (bicyclic) bond motifs is 2. The molecule has 212 valence electrons. The molecule has 0 saturated heterocycles. The normalized spacial score (nSPS) is 15.4. The van der Waals surface area contributed by atoms with Gasteiger partial charge >= 0.3 is 0 Å². The smallest absolute Gasteiger partial charge is 0.169 e. The first-order valence-electron chi connectivity index (χ1n) is 13.5.